The smallest absolute Gasteiger partial charge is 0.246 e. The number of likely N-dealkylation sites (tertiary alicyclic amines) is 1. The second kappa shape index (κ2) is 8.87. The van der Waals surface area contributed by atoms with Crippen molar-refractivity contribution < 1.29 is 4.79 Å². The minimum Gasteiger partial charge on any atom is -0.354 e. The van der Waals surface area contributed by atoms with E-state index in [2.05, 4.69) is 59.9 Å². The Hall–Kier alpha value is -2.89. The predicted octanol–water partition coefficient (Wildman–Crippen LogP) is 3.96. The monoisotopic (exact) mass is 379 g/mol. The molecule has 1 atom stereocenters. The maximum Gasteiger partial charge on any atom is 0.246 e. The zero-order valence-corrected chi connectivity index (χ0v) is 16.9. The first-order valence-corrected chi connectivity index (χ1v) is 9.81. The van der Waals surface area contributed by atoms with Crippen molar-refractivity contribution in [3.8, 4) is 0 Å². The molecule has 3 rings (SSSR count). The van der Waals surface area contributed by atoms with E-state index in [1.54, 1.807) is 12.4 Å². The van der Waals surface area contributed by atoms with Gasteiger partial charge in [0, 0.05) is 31.9 Å². The van der Waals surface area contributed by atoms with Crippen LogP contribution in [0.3, 0.4) is 0 Å². The molecule has 6 heteroatoms. The number of hydrogen-bond donors (Lipinski definition) is 1. The topological polar surface area (TPSA) is 61.4 Å². The van der Waals surface area contributed by atoms with Crippen LogP contribution in [0.1, 0.15) is 38.2 Å². The summed E-state index contributed by atoms with van der Waals surface area (Å²) in [5, 5.41) is 3.33. The van der Waals surface area contributed by atoms with Gasteiger partial charge in [0.25, 0.3) is 0 Å². The quantitative estimate of drug-likeness (QED) is 0.770. The van der Waals surface area contributed by atoms with E-state index in [1.165, 1.54) is 11.6 Å². The van der Waals surface area contributed by atoms with Crippen LogP contribution in [0, 0.1) is 0 Å². The van der Waals surface area contributed by atoms with E-state index in [9.17, 15) is 4.79 Å². The number of nitrogens with one attached hydrogen (secondary N) is 1. The third-order valence-electron chi connectivity index (χ3n) is 5.26. The van der Waals surface area contributed by atoms with Gasteiger partial charge in [-0.25, -0.2) is 4.98 Å². The summed E-state index contributed by atoms with van der Waals surface area (Å²) in [6.07, 6.45) is 6.87. The molecule has 1 N–H and O–H groups in total. The van der Waals surface area contributed by atoms with Crippen LogP contribution in [0.25, 0.3) is 0 Å². The van der Waals surface area contributed by atoms with E-state index in [1.807, 2.05) is 11.9 Å². The van der Waals surface area contributed by atoms with Crippen molar-refractivity contribution in [2.75, 3.05) is 30.4 Å². The maximum absolute atomic E-state index is 11.9. The van der Waals surface area contributed by atoms with Crippen LogP contribution >= 0.6 is 0 Å². The van der Waals surface area contributed by atoms with E-state index in [0.717, 1.165) is 30.9 Å². The Balaban J connectivity index is 1.69. The first-order valence-electron chi connectivity index (χ1n) is 9.81. The van der Waals surface area contributed by atoms with Crippen LogP contribution in [-0.2, 0) is 4.79 Å². The lowest BCUT2D eigenvalue weighted by Gasteiger charge is -2.37. The Morgan fingerprint density at radius 3 is 2.75 bits per heavy atom. The molecule has 1 aromatic carbocycles. The summed E-state index contributed by atoms with van der Waals surface area (Å²) in [6, 6.07) is 8.60. The molecular weight excluding hydrogens is 350 g/mol. The van der Waals surface area contributed by atoms with Crippen molar-refractivity contribution in [3.63, 3.8) is 0 Å². The zero-order valence-electron chi connectivity index (χ0n) is 16.9. The number of benzene rings is 1. The third kappa shape index (κ3) is 4.68. The van der Waals surface area contributed by atoms with Crippen LogP contribution in [0.4, 0.5) is 17.3 Å². The minimum atomic E-state index is -0.00977. The molecule has 28 heavy (non-hydrogen) atoms. The summed E-state index contributed by atoms with van der Waals surface area (Å²) in [4.78, 5) is 25.0. The Bertz CT molecular complexity index is 818. The largest absolute Gasteiger partial charge is 0.354 e. The molecule has 1 amide bonds. The van der Waals surface area contributed by atoms with Crippen LogP contribution in [-0.4, -0.2) is 47.0 Å². The highest BCUT2D eigenvalue weighted by molar-refractivity contribution is 5.87. The number of carbonyl (C=O) groups is 1. The lowest BCUT2D eigenvalue weighted by atomic mass is 10.0. The van der Waals surface area contributed by atoms with Crippen molar-refractivity contribution >= 4 is 23.2 Å². The van der Waals surface area contributed by atoms with Crippen LogP contribution in [0.15, 0.2) is 49.3 Å². The highest BCUT2D eigenvalue weighted by Gasteiger charge is 2.26. The van der Waals surface area contributed by atoms with Crippen molar-refractivity contribution in [1.29, 1.82) is 0 Å². The van der Waals surface area contributed by atoms with Gasteiger partial charge in [0.15, 0.2) is 5.82 Å². The first kappa shape index (κ1) is 19.9. The van der Waals surface area contributed by atoms with Gasteiger partial charge in [0.2, 0.25) is 5.91 Å². The van der Waals surface area contributed by atoms with Crippen LogP contribution < -0.4 is 10.2 Å². The number of aromatic nitrogens is 2. The third-order valence-corrected chi connectivity index (χ3v) is 5.26. The Kier molecular flexibility index (Phi) is 6.29. The van der Waals surface area contributed by atoms with Gasteiger partial charge in [-0.3, -0.25) is 9.78 Å². The van der Waals surface area contributed by atoms with Crippen LogP contribution in [0.2, 0.25) is 0 Å². The molecule has 0 radical (unpaired) electrons. The number of hydrogen-bond acceptors (Lipinski definition) is 5. The van der Waals surface area contributed by atoms with E-state index in [4.69, 9.17) is 4.98 Å². The molecular formula is C22H29N5O. The summed E-state index contributed by atoms with van der Waals surface area (Å²) in [7, 11) is 2.01. The van der Waals surface area contributed by atoms with Gasteiger partial charge in [0.1, 0.15) is 5.82 Å². The number of rotatable bonds is 6. The van der Waals surface area contributed by atoms with E-state index >= 15 is 0 Å². The number of amides is 1. The van der Waals surface area contributed by atoms with Gasteiger partial charge in [-0.1, -0.05) is 32.6 Å². The molecule has 2 aromatic rings. The molecule has 148 valence electrons. The normalized spacial score (nSPS) is 16.7. The van der Waals surface area contributed by atoms with Crippen molar-refractivity contribution in [3.05, 3.63) is 54.9 Å². The number of anilines is 3. The van der Waals surface area contributed by atoms with Gasteiger partial charge in [-0.15, -0.1) is 0 Å². The molecule has 0 bridgehead atoms. The summed E-state index contributed by atoms with van der Waals surface area (Å²) in [6.45, 7) is 9.42. The number of likely N-dealkylation sites (N-methyl/N-ethyl adjacent to an activating group) is 1. The maximum atomic E-state index is 11.9. The average molecular weight is 380 g/mol. The molecule has 1 aromatic heterocycles. The van der Waals surface area contributed by atoms with E-state index in [0.29, 0.717) is 18.3 Å². The van der Waals surface area contributed by atoms with Gasteiger partial charge in [-0.05, 0) is 42.5 Å². The summed E-state index contributed by atoms with van der Waals surface area (Å²) in [5.74, 6) is 2.00. The molecule has 2 heterocycles. The van der Waals surface area contributed by atoms with E-state index < -0.39 is 0 Å². The van der Waals surface area contributed by atoms with Crippen LogP contribution in [0.5, 0.6) is 0 Å². The number of carbonyl (C=O) groups excluding carboxylic acids is 1. The lowest BCUT2D eigenvalue weighted by Crippen LogP contribution is -2.48. The lowest BCUT2D eigenvalue weighted by molar-refractivity contribution is -0.127. The van der Waals surface area contributed by atoms with Crippen molar-refractivity contribution in [1.82, 2.24) is 14.9 Å². The molecule has 1 aliphatic rings. The van der Waals surface area contributed by atoms with Crippen molar-refractivity contribution in [2.24, 2.45) is 0 Å². The van der Waals surface area contributed by atoms with Gasteiger partial charge < -0.3 is 15.1 Å². The molecule has 1 saturated heterocycles. The highest BCUT2D eigenvalue weighted by atomic mass is 16.2. The number of nitrogens with zero attached hydrogens (tertiary/aromatic N) is 4. The predicted molar refractivity (Wildman–Crippen MR) is 114 cm³/mol. The second-order valence-corrected chi connectivity index (χ2v) is 7.56. The highest BCUT2D eigenvalue weighted by Crippen LogP contribution is 2.23. The standard InChI is InChI=1S/C22H29N5O/c1-5-22(28)27-12-6-7-19(15-27)26(4)21-14-23-13-20(25-21)24-18-10-8-17(9-11-18)16(2)3/h5,8-11,13-14,16,19H,1,6-7,12,15H2,2-4H3,(H,24,25). The second-order valence-electron chi connectivity index (χ2n) is 7.56. The molecule has 1 aliphatic heterocycles. The summed E-state index contributed by atoms with van der Waals surface area (Å²) >= 11 is 0. The molecule has 1 unspecified atom stereocenters. The Morgan fingerprint density at radius 1 is 1.32 bits per heavy atom. The Morgan fingerprint density at radius 2 is 2.07 bits per heavy atom. The molecule has 1 fully saturated rings. The minimum absolute atomic E-state index is 0.00977. The average Bonchev–Trinajstić information content (AvgIpc) is 2.73. The fourth-order valence-electron chi connectivity index (χ4n) is 3.47. The molecule has 0 aliphatic carbocycles. The first-order chi connectivity index (χ1) is 13.5. The fourth-order valence-corrected chi connectivity index (χ4v) is 3.47. The van der Waals surface area contributed by atoms with Gasteiger partial charge in [0.05, 0.1) is 12.4 Å². The number of piperidine rings is 1. The van der Waals surface area contributed by atoms with Gasteiger partial charge in [-0.2, -0.15) is 0 Å². The molecule has 0 saturated carbocycles. The fraction of sp³-hybridized carbons (Fsp3) is 0.409. The summed E-state index contributed by atoms with van der Waals surface area (Å²) < 4.78 is 0. The molecule has 6 nitrogen and oxygen atoms in total. The SMILES string of the molecule is C=CC(=O)N1CCCC(N(C)c2cncc(Nc3ccc(C(C)C)cc3)n2)C1. The molecule has 0 spiro atoms. The zero-order chi connectivity index (χ0) is 20.1. The van der Waals surface area contributed by atoms with E-state index in [-0.39, 0.29) is 11.9 Å². The Labute approximate surface area is 167 Å². The van der Waals surface area contributed by atoms with Gasteiger partial charge >= 0.3 is 0 Å². The summed E-state index contributed by atoms with van der Waals surface area (Å²) in [5.41, 5.74) is 2.29. The van der Waals surface area contributed by atoms with Crippen molar-refractivity contribution in [2.45, 2.75) is 38.6 Å².